The van der Waals surface area contributed by atoms with Gasteiger partial charge in [-0.15, -0.1) is 0 Å². The van der Waals surface area contributed by atoms with Crippen molar-refractivity contribution in [2.24, 2.45) is 5.73 Å². The number of hydrogen-bond donors (Lipinski definition) is 1. The number of aryl methyl sites for hydroxylation is 1. The summed E-state index contributed by atoms with van der Waals surface area (Å²) in [5, 5.41) is 0. The largest absolute Gasteiger partial charge is 0.326 e. The quantitative estimate of drug-likeness (QED) is 0.723. The molecule has 0 saturated heterocycles. The summed E-state index contributed by atoms with van der Waals surface area (Å²) in [6.07, 6.45) is 0.685. The first-order valence-electron chi connectivity index (χ1n) is 3.86. The highest BCUT2D eigenvalue weighted by Crippen LogP contribution is 2.14. The summed E-state index contributed by atoms with van der Waals surface area (Å²) in [5.74, 6) is -1.63. The number of nitrogens with two attached hydrogens (primary N) is 1. The molecule has 0 aromatic heterocycles. The van der Waals surface area contributed by atoms with Gasteiger partial charge in [-0.25, -0.2) is 8.78 Å². The zero-order chi connectivity index (χ0) is 9.14. The molecule has 0 aliphatic carbocycles. The van der Waals surface area contributed by atoms with Crippen LogP contribution in [0.25, 0.3) is 0 Å². The Morgan fingerprint density at radius 3 is 2.50 bits per heavy atom. The molecule has 3 heteroatoms. The fraction of sp³-hybridized carbons (Fsp3) is 0.333. The molecule has 0 spiro atoms. The Kier molecular flexibility index (Phi) is 2.76. The van der Waals surface area contributed by atoms with Gasteiger partial charge in [0.15, 0.2) is 11.6 Å². The van der Waals surface area contributed by atoms with Crippen LogP contribution in [0.1, 0.15) is 18.1 Å². The van der Waals surface area contributed by atoms with Crippen LogP contribution in [0.15, 0.2) is 12.1 Å². The van der Waals surface area contributed by atoms with E-state index in [0.29, 0.717) is 6.42 Å². The minimum Gasteiger partial charge on any atom is -0.326 e. The molecule has 0 aliphatic heterocycles. The highest BCUT2D eigenvalue weighted by Gasteiger charge is 2.07. The molecule has 0 bridgehead atoms. The summed E-state index contributed by atoms with van der Waals surface area (Å²) in [6, 6.07) is 2.80. The average molecular weight is 171 g/mol. The maximum atomic E-state index is 12.9. The lowest BCUT2D eigenvalue weighted by molar-refractivity contribution is 0.497. The topological polar surface area (TPSA) is 26.0 Å². The first-order chi connectivity index (χ1) is 5.69. The summed E-state index contributed by atoms with van der Waals surface area (Å²) in [6.45, 7) is 1.92. The van der Waals surface area contributed by atoms with Crippen molar-refractivity contribution in [3.8, 4) is 0 Å². The normalized spacial score (nSPS) is 10.3. The molecule has 66 valence electrons. The molecule has 1 aromatic carbocycles. The second-order valence-corrected chi connectivity index (χ2v) is 2.61. The fourth-order valence-electron chi connectivity index (χ4n) is 1.06. The maximum Gasteiger partial charge on any atom is 0.163 e. The van der Waals surface area contributed by atoms with Crippen LogP contribution in [-0.4, -0.2) is 0 Å². The highest BCUT2D eigenvalue weighted by molar-refractivity contribution is 5.26. The van der Waals surface area contributed by atoms with Crippen molar-refractivity contribution in [2.45, 2.75) is 19.9 Å². The molecule has 1 nitrogen and oxygen atoms in total. The van der Waals surface area contributed by atoms with Crippen molar-refractivity contribution in [1.82, 2.24) is 0 Å². The monoisotopic (exact) mass is 171 g/mol. The molecule has 0 saturated carbocycles. The summed E-state index contributed by atoms with van der Waals surface area (Å²) in [7, 11) is 0. The van der Waals surface area contributed by atoms with Crippen LogP contribution in [0.3, 0.4) is 0 Å². The van der Waals surface area contributed by atoms with Gasteiger partial charge in [0, 0.05) is 12.1 Å². The van der Waals surface area contributed by atoms with E-state index < -0.39 is 11.6 Å². The van der Waals surface area contributed by atoms with Gasteiger partial charge in [0.25, 0.3) is 0 Å². The minimum atomic E-state index is -0.824. The van der Waals surface area contributed by atoms with Crippen LogP contribution < -0.4 is 5.73 Å². The third-order valence-corrected chi connectivity index (χ3v) is 1.79. The zero-order valence-electron chi connectivity index (χ0n) is 6.90. The van der Waals surface area contributed by atoms with E-state index in [1.807, 2.05) is 6.92 Å². The molecule has 0 amide bonds. The van der Waals surface area contributed by atoms with Gasteiger partial charge in [0.1, 0.15) is 0 Å². The molecule has 12 heavy (non-hydrogen) atoms. The first kappa shape index (κ1) is 9.13. The SMILES string of the molecule is CCc1cc(F)c(F)c(CN)c1. The molecule has 1 rings (SSSR count). The predicted molar refractivity (Wildman–Crippen MR) is 43.6 cm³/mol. The molecule has 0 unspecified atom stereocenters. The Hall–Kier alpha value is -0.960. The van der Waals surface area contributed by atoms with E-state index in [2.05, 4.69) is 0 Å². The molecular weight excluding hydrogens is 160 g/mol. The van der Waals surface area contributed by atoms with Gasteiger partial charge in [-0.1, -0.05) is 13.0 Å². The number of rotatable bonds is 2. The van der Waals surface area contributed by atoms with Crippen molar-refractivity contribution >= 4 is 0 Å². The molecule has 0 aliphatic rings. The van der Waals surface area contributed by atoms with Gasteiger partial charge in [-0.3, -0.25) is 0 Å². The van der Waals surface area contributed by atoms with E-state index in [0.717, 1.165) is 5.56 Å². The van der Waals surface area contributed by atoms with E-state index in [4.69, 9.17) is 5.73 Å². The van der Waals surface area contributed by atoms with Crippen molar-refractivity contribution in [1.29, 1.82) is 0 Å². The lowest BCUT2D eigenvalue weighted by atomic mass is 10.1. The Bertz CT molecular complexity index is 284. The molecule has 0 heterocycles. The minimum absolute atomic E-state index is 0.0383. The fourth-order valence-corrected chi connectivity index (χ4v) is 1.06. The highest BCUT2D eigenvalue weighted by atomic mass is 19.2. The van der Waals surface area contributed by atoms with Crippen LogP contribution in [0, 0.1) is 11.6 Å². The first-order valence-corrected chi connectivity index (χ1v) is 3.86. The maximum absolute atomic E-state index is 12.9. The summed E-state index contributed by atoms with van der Waals surface area (Å²) in [4.78, 5) is 0. The van der Waals surface area contributed by atoms with Gasteiger partial charge in [0.2, 0.25) is 0 Å². The molecule has 0 radical (unpaired) electrons. The molecular formula is C9H11F2N. The van der Waals surface area contributed by atoms with Gasteiger partial charge in [-0.05, 0) is 18.1 Å². The molecule has 0 atom stereocenters. The van der Waals surface area contributed by atoms with Crippen LogP contribution >= 0.6 is 0 Å². The zero-order valence-corrected chi connectivity index (χ0v) is 6.90. The standard InChI is InChI=1S/C9H11F2N/c1-2-6-3-7(5-12)9(11)8(10)4-6/h3-4H,2,5,12H2,1H3. The number of hydrogen-bond acceptors (Lipinski definition) is 1. The van der Waals surface area contributed by atoms with E-state index >= 15 is 0 Å². The second-order valence-electron chi connectivity index (χ2n) is 2.61. The van der Waals surface area contributed by atoms with Gasteiger partial charge in [0.05, 0.1) is 0 Å². The number of benzene rings is 1. The Morgan fingerprint density at radius 1 is 1.33 bits per heavy atom. The molecule has 2 N–H and O–H groups in total. The van der Waals surface area contributed by atoms with Gasteiger partial charge < -0.3 is 5.73 Å². The number of halogens is 2. The van der Waals surface area contributed by atoms with E-state index in [1.54, 1.807) is 6.07 Å². The average Bonchev–Trinajstić information content (AvgIpc) is 2.09. The van der Waals surface area contributed by atoms with Crippen LogP contribution in [0.4, 0.5) is 8.78 Å². The Balaban J connectivity index is 3.19. The van der Waals surface area contributed by atoms with Crippen molar-refractivity contribution in [3.05, 3.63) is 34.9 Å². The van der Waals surface area contributed by atoms with Crippen molar-refractivity contribution < 1.29 is 8.78 Å². The Labute approximate surface area is 70.2 Å². The third-order valence-electron chi connectivity index (χ3n) is 1.79. The van der Waals surface area contributed by atoms with Gasteiger partial charge in [-0.2, -0.15) is 0 Å². The van der Waals surface area contributed by atoms with Crippen LogP contribution in [-0.2, 0) is 13.0 Å². The smallest absolute Gasteiger partial charge is 0.163 e. The van der Waals surface area contributed by atoms with Crippen LogP contribution in [0.2, 0.25) is 0 Å². The molecule has 0 fully saturated rings. The molecule has 1 aromatic rings. The van der Waals surface area contributed by atoms with E-state index in [1.165, 1.54) is 6.07 Å². The Morgan fingerprint density at radius 2 is 2.00 bits per heavy atom. The summed E-state index contributed by atoms with van der Waals surface area (Å²) >= 11 is 0. The summed E-state index contributed by atoms with van der Waals surface area (Å²) in [5.41, 5.74) is 6.25. The van der Waals surface area contributed by atoms with Gasteiger partial charge >= 0.3 is 0 Å². The lowest BCUT2D eigenvalue weighted by Gasteiger charge is -2.03. The third kappa shape index (κ3) is 1.61. The van der Waals surface area contributed by atoms with Crippen molar-refractivity contribution in [3.63, 3.8) is 0 Å². The summed E-state index contributed by atoms with van der Waals surface area (Å²) < 4.78 is 25.6. The predicted octanol–water partition coefficient (Wildman–Crippen LogP) is 1.99. The van der Waals surface area contributed by atoms with Crippen molar-refractivity contribution in [2.75, 3.05) is 0 Å². The second kappa shape index (κ2) is 3.63. The van der Waals surface area contributed by atoms with E-state index in [9.17, 15) is 8.78 Å². The van der Waals surface area contributed by atoms with E-state index in [-0.39, 0.29) is 12.1 Å². The van der Waals surface area contributed by atoms with Crippen LogP contribution in [0.5, 0.6) is 0 Å². The lowest BCUT2D eigenvalue weighted by Crippen LogP contribution is -2.03.